The Kier molecular flexibility index (Phi) is 9.45. The molecule has 37 heavy (non-hydrogen) atoms. The van der Waals surface area contributed by atoms with Gasteiger partial charge in [0.05, 0.1) is 23.4 Å². The van der Waals surface area contributed by atoms with Crippen molar-refractivity contribution in [3.05, 3.63) is 96.1 Å². The molecule has 0 aliphatic heterocycles. The third-order valence-electron chi connectivity index (χ3n) is 5.42. The smallest absolute Gasteiger partial charge is 0.264 e. The highest BCUT2D eigenvalue weighted by Crippen LogP contribution is 2.28. The van der Waals surface area contributed by atoms with Crippen LogP contribution in [0, 0.1) is 13.8 Å². The molecule has 0 saturated heterocycles. The number of anilines is 1. The molecule has 3 aromatic rings. The number of benzene rings is 3. The molecule has 0 fully saturated rings. The molecule has 0 aromatic heterocycles. The fraction of sp³-hybridized carbons (Fsp3) is 0.214. The maximum absolute atomic E-state index is 13.4. The second kappa shape index (κ2) is 12.7. The number of hydrazone groups is 1. The first-order chi connectivity index (χ1) is 17.8. The molecule has 9 heteroatoms. The zero-order chi connectivity index (χ0) is 26.8. The molecule has 1 amide bonds. The number of rotatable bonds is 12. The summed E-state index contributed by atoms with van der Waals surface area (Å²) < 4.78 is 39.2. The number of aryl methyl sites for hydroxylation is 2. The average Bonchev–Trinajstić information content (AvgIpc) is 2.89. The third-order valence-corrected chi connectivity index (χ3v) is 7.21. The van der Waals surface area contributed by atoms with Crippen molar-refractivity contribution in [2.75, 3.05) is 24.1 Å². The molecule has 0 heterocycles. The summed E-state index contributed by atoms with van der Waals surface area (Å²) >= 11 is 0. The normalized spacial score (nSPS) is 11.2. The summed E-state index contributed by atoms with van der Waals surface area (Å²) in [6.45, 7) is 9.67. The Labute approximate surface area is 218 Å². The van der Waals surface area contributed by atoms with Crippen LogP contribution in [-0.2, 0) is 14.8 Å². The minimum atomic E-state index is -4.00. The number of carbonyl (C=O) groups is 1. The van der Waals surface area contributed by atoms with Crippen molar-refractivity contribution < 1.29 is 22.7 Å². The van der Waals surface area contributed by atoms with Gasteiger partial charge < -0.3 is 9.47 Å². The van der Waals surface area contributed by atoms with Crippen LogP contribution in [0.4, 0.5) is 5.69 Å². The molecule has 0 saturated carbocycles. The summed E-state index contributed by atoms with van der Waals surface area (Å²) in [6, 6.07) is 18.5. The molecule has 0 atom stereocenters. The van der Waals surface area contributed by atoms with Crippen LogP contribution < -0.4 is 19.2 Å². The standard InChI is InChI=1S/C28H31N3O5S/c1-5-16-36-26-15-13-23(18-27(26)35-6-2)19-29-30-28(32)20-31(24-14-12-21(3)22(4)17-24)37(33,34)25-10-8-7-9-11-25/h5,7-15,17-19H,1,6,16,20H2,2-4H3,(H,30,32)/b29-19-. The van der Waals surface area contributed by atoms with Gasteiger partial charge in [0, 0.05) is 0 Å². The van der Waals surface area contributed by atoms with E-state index in [1.165, 1.54) is 18.3 Å². The van der Waals surface area contributed by atoms with Crippen LogP contribution in [0.3, 0.4) is 0 Å². The van der Waals surface area contributed by atoms with Crippen LogP contribution in [0.25, 0.3) is 0 Å². The SMILES string of the molecule is C=CCOc1ccc(/C=N\NC(=O)CN(c2ccc(C)c(C)c2)S(=O)(=O)c2ccccc2)cc1OCC. The molecule has 0 radical (unpaired) electrons. The van der Waals surface area contributed by atoms with Gasteiger partial charge in [0.25, 0.3) is 15.9 Å². The van der Waals surface area contributed by atoms with Crippen molar-refractivity contribution in [1.29, 1.82) is 0 Å². The molecular formula is C28H31N3O5S. The summed E-state index contributed by atoms with van der Waals surface area (Å²) in [5, 5.41) is 4.01. The van der Waals surface area contributed by atoms with E-state index in [9.17, 15) is 13.2 Å². The Bertz CT molecular complexity index is 1370. The van der Waals surface area contributed by atoms with Crippen molar-refractivity contribution in [2.24, 2.45) is 5.10 Å². The van der Waals surface area contributed by atoms with Crippen molar-refractivity contribution in [3.8, 4) is 11.5 Å². The number of hydrogen-bond acceptors (Lipinski definition) is 6. The summed E-state index contributed by atoms with van der Waals surface area (Å²) in [5.74, 6) is 0.512. The molecule has 8 nitrogen and oxygen atoms in total. The molecule has 0 bridgehead atoms. The zero-order valence-electron chi connectivity index (χ0n) is 21.2. The van der Waals surface area contributed by atoms with E-state index in [4.69, 9.17) is 9.47 Å². The van der Waals surface area contributed by atoms with E-state index < -0.39 is 22.5 Å². The minimum Gasteiger partial charge on any atom is -0.490 e. The van der Waals surface area contributed by atoms with E-state index in [1.54, 1.807) is 54.6 Å². The van der Waals surface area contributed by atoms with Gasteiger partial charge in [-0.05, 0) is 79.9 Å². The van der Waals surface area contributed by atoms with Crippen LogP contribution in [0.5, 0.6) is 11.5 Å². The van der Waals surface area contributed by atoms with Gasteiger partial charge in [-0.15, -0.1) is 0 Å². The number of ether oxygens (including phenoxy) is 2. The van der Waals surface area contributed by atoms with Gasteiger partial charge >= 0.3 is 0 Å². The zero-order valence-corrected chi connectivity index (χ0v) is 22.0. The summed E-state index contributed by atoms with van der Waals surface area (Å²) in [5.41, 5.74) is 5.40. The Hall–Kier alpha value is -4.11. The lowest BCUT2D eigenvalue weighted by Crippen LogP contribution is -2.39. The molecule has 0 unspecified atom stereocenters. The first-order valence-corrected chi connectivity index (χ1v) is 13.2. The maximum Gasteiger partial charge on any atom is 0.264 e. The first kappa shape index (κ1) is 27.5. The van der Waals surface area contributed by atoms with E-state index in [0.717, 1.165) is 15.4 Å². The second-order valence-corrected chi connectivity index (χ2v) is 9.99. The van der Waals surface area contributed by atoms with Gasteiger partial charge in [-0.2, -0.15) is 5.10 Å². The molecule has 0 spiro atoms. The highest BCUT2D eigenvalue weighted by molar-refractivity contribution is 7.92. The third kappa shape index (κ3) is 7.20. The van der Waals surface area contributed by atoms with E-state index in [-0.39, 0.29) is 4.90 Å². The topological polar surface area (TPSA) is 97.3 Å². The van der Waals surface area contributed by atoms with Crippen LogP contribution in [0.1, 0.15) is 23.6 Å². The van der Waals surface area contributed by atoms with Crippen LogP contribution in [-0.4, -0.2) is 40.3 Å². The molecule has 1 N–H and O–H groups in total. The quantitative estimate of drug-likeness (QED) is 0.213. The Morgan fingerprint density at radius 3 is 2.43 bits per heavy atom. The van der Waals surface area contributed by atoms with Crippen molar-refractivity contribution in [3.63, 3.8) is 0 Å². The van der Waals surface area contributed by atoms with Gasteiger partial charge in [-0.3, -0.25) is 9.10 Å². The Morgan fingerprint density at radius 2 is 1.76 bits per heavy atom. The first-order valence-electron chi connectivity index (χ1n) is 11.7. The highest BCUT2D eigenvalue weighted by atomic mass is 32.2. The Balaban J connectivity index is 1.80. The molecule has 3 aromatic carbocycles. The van der Waals surface area contributed by atoms with Gasteiger partial charge in [0.15, 0.2) is 11.5 Å². The maximum atomic E-state index is 13.4. The molecule has 3 rings (SSSR count). The number of hydrogen-bond donors (Lipinski definition) is 1. The van der Waals surface area contributed by atoms with E-state index in [1.807, 2.05) is 26.8 Å². The van der Waals surface area contributed by atoms with E-state index in [0.29, 0.717) is 36.0 Å². The van der Waals surface area contributed by atoms with Gasteiger partial charge in [-0.1, -0.05) is 36.9 Å². The summed E-state index contributed by atoms with van der Waals surface area (Å²) in [7, 11) is -4.00. The molecule has 0 aliphatic rings. The van der Waals surface area contributed by atoms with Gasteiger partial charge in [0.1, 0.15) is 13.2 Å². The van der Waals surface area contributed by atoms with E-state index in [2.05, 4.69) is 17.1 Å². The Morgan fingerprint density at radius 1 is 1.00 bits per heavy atom. The predicted molar refractivity (Wildman–Crippen MR) is 146 cm³/mol. The predicted octanol–water partition coefficient (Wildman–Crippen LogP) is 4.61. The summed E-state index contributed by atoms with van der Waals surface area (Å²) in [6.07, 6.45) is 3.09. The van der Waals surface area contributed by atoms with Crippen molar-refractivity contribution >= 4 is 27.8 Å². The average molecular weight is 522 g/mol. The lowest BCUT2D eigenvalue weighted by molar-refractivity contribution is -0.119. The van der Waals surface area contributed by atoms with Crippen molar-refractivity contribution in [1.82, 2.24) is 5.43 Å². The number of carbonyl (C=O) groups excluding carboxylic acids is 1. The molecule has 194 valence electrons. The van der Waals surface area contributed by atoms with Gasteiger partial charge in [-0.25, -0.2) is 13.8 Å². The number of nitrogens with zero attached hydrogens (tertiary/aromatic N) is 2. The number of sulfonamides is 1. The molecular weight excluding hydrogens is 490 g/mol. The monoisotopic (exact) mass is 521 g/mol. The summed E-state index contributed by atoms with van der Waals surface area (Å²) in [4.78, 5) is 12.9. The molecule has 0 aliphatic carbocycles. The minimum absolute atomic E-state index is 0.0896. The lowest BCUT2D eigenvalue weighted by atomic mass is 10.1. The second-order valence-electron chi connectivity index (χ2n) is 8.13. The van der Waals surface area contributed by atoms with Gasteiger partial charge in [0.2, 0.25) is 0 Å². The number of amides is 1. The van der Waals surface area contributed by atoms with Crippen LogP contribution in [0.15, 0.2) is 89.4 Å². The van der Waals surface area contributed by atoms with Crippen LogP contribution in [0.2, 0.25) is 0 Å². The van der Waals surface area contributed by atoms with E-state index >= 15 is 0 Å². The number of nitrogens with one attached hydrogen (secondary N) is 1. The van der Waals surface area contributed by atoms with Crippen LogP contribution >= 0.6 is 0 Å². The fourth-order valence-corrected chi connectivity index (χ4v) is 4.84. The lowest BCUT2D eigenvalue weighted by Gasteiger charge is -2.24. The fourth-order valence-electron chi connectivity index (χ4n) is 3.40. The van der Waals surface area contributed by atoms with Crippen molar-refractivity contribution in [2.45, 2.75) is 25.7 Å². The highest BCUT2D eigenvalue weighted by Gasteiger charge is 2.27. The largest absolute Gasteiger partial charge is 0.490 e.